The summed E-state index contributed by atoms with van der Waals surface area (Å²) in [6.45, 7) is 5.00. The number of imidazole rings is 1. The maximum absolute atomic E-state index is 11.2. The van der Waals surface area contributed by atoms with E-state index in [-0.39, 0.29) is 0 Å². The van der Waals surface area contributed by atoms with Gasteiger partial charge in [0.15, 0.2) is 6.29 Å². The van der Waals surface area contributed by atoms with Crippen LogP contribution in [0.25, 0.3) is 5.65 Å². The summed E-state index contributed by atoms with van der Waals surface area (Å²) in [6.07, 6.45) is 7.30. The van der Waals surface area contributed by atoms with Crippen LogP contribution in [-0.2, 0) is 0 Å². The van der Waals surface area contributed by atoms with Gasteiger partial charge in [0.25, 0.3) is 0 Å². The lowest BCUT2D eigenvalue weighted by molar-refractivity contribution is 0.111. The third-order valence-electron chi connectivity index (χ3n) is 3.64. The van der Waals surface area contributed by atoms with Crippen LogP contribution in [0.5, 0.6) is 5.88 Å². The van der Waals surface area contributed by atoms with E-state index in [0.29, 0.717) is 24.1 Å². The third-order valence-corrected chi connectivity index (χ3v) is 3.64. The zero-order valence-electron chi connectivity index (χ0n) is 12.2. The van der Waals surface area contributed by atoms with Crippen LogP contribution in [0.4, 0.5) is 0 Å². The van der Waals surface area contributed by atoms with Gasteiger partial charge in [-0.3, -0.25) is 9.20 Å². The summed E-state index contributed by atoms with van der Waals surface area (Å²) in [4.78, 5) is 15.6. The van der Waals surface area contributed by atoms with Gasteiger partial charge in [0.2, 0.25) is 5.88 Å². The average molecular weight is 274 g/mol. The molecule has 0 bridgehead atoms. The first-order valence-corrected chi connectivity index (χ1v) is 7.35. The fraction of sp³-hybridized carbons (Fsp3) is 0.500. The highest BCUT2D eigenvalue weighted by atomic mass is 16.5. The van der Waals surface area contributed by atoms with Crippen LogP contribution in [0.15, 0.2) is 24.4 Å². The van der Waals surface area contributed by atoms with Crippen LogP contribution in [0.3, 0.4) is 0 Å². The van der Waals surface area contributed by atoms with Gasteiger partial charge in [-0.1, -0.05) is 39.2 Å². The molecule has 0 fully saturated rings. The molecule has 0 aliphatic heterocycles. The van der Waals surface area contributed by atoms with Crippen LogP contribution in [-0.4, -0.2) is 22.3 Å². The van der Waals surface area contributed by atoms with E-state index in [1.54, 1.807) is 4.40 Å². The molecular weight excluding hydrogens is 252 g/mol. The van der Waals surface area contributed by atoms with Gasteiger partial charge in [-0.15, -0.1) is 0 Å². The van der Waals surface area contributed by atoms with Gasteiger partial charge in [-0.25, -0.2) is 0 Å². The minimum Gasteiger partial charge on any atom is -0.476 e. The standard InChI is InChI=1S/C16H22N2O2/c1-3-5-8-13(4-2)12-20-16-14(11-19)18-10-7-6-9-15(18)17-16/h6-7,9-11,13H,3-5,8,12H2,1-2H3. The quantitative estimate of drug-likeness (QED) is 0.689. The smallest absolute Gasteiger partial charge is 0.243 e. The van der Waals surface area contributed by atoms with E-state index in [1.807, 2.05) is 24.4 Å². The summed E-state index contributed by atoms with van der Waals surface area (Å²) in [5, 5.41) is 0. The number of pyridine rings is 1. The van der Waals surface area contributed by atoms with Crippen molar-refractivity contribution >= 4 is 11.9 Å². The number of fused-ring (bicyclic) bond motifs is 1. The number of unbranched alkanes of at least 4 members (excludes halogenated alkanes) is 1. The van der Waals surface area contributed by atoms with Crippen LogP contribution in [0.1, 0.15) is 50.0 Å². The maximum atomic E-state index is 11.2. The number of aldehydes is 1. The SMILES string of the molecule is CCCCC(CC)COc1nc2ccccn2c1C=O. The largest absolute Gasteiger partial charge is 0.476 e. The Morgan fingerprint density at radius 3 is 2.95 bits per heavy atom. The van der Waals surface area contributed by atoms with Gasteiger partial charge in [-0.05, 0) is 24.5 Å². The number of ether oxygens (including phenoxy) is 1. The van der Waals surface area contributed by atoms with Crippen molar-refractivity contribution in [3.8, 4) is 5.88 Å². The molecular formula is C16H22N2O2. The third kappa shape index (κ3) is 3.18. The summed E-state index contributed by atoms with van der Waals surface area (Å²) in [6, 6.07) is 5.65. The normalized spacial score (nSPS) is 12.5. The van der Waals surface area contributed by atoms with E-state index >= 15 is 0 Å². The number of hydrogen-bond donors (Lipinski definition) is 0. The van der Waals surface area contributed by atoms with Gasteiger partial charge in [-0.2, -0.15) is 4.98 Å². The van der Waals surface area contributed by atoms with E-state index in [2.05, 4.69) is 18.8 Å². The highest BCUT2D eigenvalue weighted by Gasteiger charge is 2.14. The molecule has 0 saturated carbocycles. The van der Waals surface area contributed by atoms with Crippen LogP contribution < -0.4 is 4.74 Å². The molecule has 2 rings (SSSR count). The number of carbonyl (C=O) groups is 1. The maximum Gasteiger partial charge on any atom is 0.243 e. The van der Waals surface area contributed by atoms with Gasteiger partial charge in [0.05, 0.1) is 6.61 Å². The second kappa shape index (κ2) is 7.08. The van der Waals surface area contributed by atoms with Gasteiger partial charge < -0.3 is 4.74 Å². The van der Waals surface area contributed by atoms with Crippen LogP contribution in [0, 0.1) is 5.92 Å². The molecule has 0 aromatic carbocycles. The highest BCUT2D eigenvalue weighted by Crippen LogP contribution is 2.20. The molecule has 4 heteroatoms. The van der Waals surface area contributed by atoms with Crippen LogP contribution >= 0.6 is 0 Å². The molecule has 0 amide bonds. The predicted octanol–water partition coefficient (Wildman–Crippen LogP) is 3.74. The molecule has 2 aromatic heterocycles. The fourth-order valence-electron chi connectivity index (χ4n) is 2.30. The molecule has 0 radical (unpaired) electrons. The zero-order valence-corrected chi connectivity index (χ0v) is 12.2. The zero-order chi connectivity index (χ0) is 14.4. The number of nitrogens with zero attached hydrogens (tertiary/aromatic N) is 2. The predicted molar refractivity (Wildman–Crippen MR) is 79.4 cm³/mol. The Morgan fingerprint density at radius 2 is 2.25 bits per heavy atom. The molecule has 2 aromatic rings. The van der Waals surface area contributed by atoms with Crippen LogP contribution in [0.2, 0.25) is 0 Å². The Bertz CT molecular complexity index is 563. The first-order valence-electron chi connectivity index (χ1n) is 7.35. The first kappa shape index (κ1) is 14.6. The molecule has 0 spiro atoms. The van der Waals surface area contributed by atoms with Crippen molar-refractivity contribution in [1.29, 1.82) is 0 Å². The molecule has 2 heterocycles. The van der Waals surface area contributed by atoms with Crippen molar-refractivity contribution in [2.75, 3.05) is 6.61 Å². The van der Waals surface area contributed by atoms with Crippen molar-refractivity contribution < 1.29 is 9.53 Å². The van der Waals surface area contributed by atoms with E-state index < -0.39 is 0 Å². The highest BCUT2D eigenvalue weighted by molar-refractivity contribution is 5.78. The van der Waals surface area contributed by atoms with Crippen molar-refractivity contribution in [2.45, 2.75) is 39.5 Å². The Hall–Kier alpha value is -1.84. The Balaban J connectivity index is 2.10. The van der Waals surface area contributed by atoms with E-state index in [9.17, 15) is 4.79 Å². The minimum absolute atomic E-state index is 0.446. The summed E-state index contributed by atoms with van der Waals surface area (Å²) < 4.78 is 7.56. The lowest BCUT2D eigenvalue weighted by Crippen LogP contribution is -2.12. The first-order chi connectivity index (χ1) is 9.80. The molecule has 0 aliphatic carbocycles. The van der Waals surface area contributed by atoms with Crippen molar-refractivity contribution in [1.82, 2.24) is 9.38 Å². The number of aromatic nitrogens is 2. The monoisotopic (exact) mass is 274 g/mol. The molecule has 0 N–H and O–H groups in total. The van der Waals surface area contributed by atoms with E-state index in [0.717, 1.165) is 24.8 Å². The Labute approximate surface area is 119 Å². The van der Waals surface area contributed by atoms with E-state index in [4.69, 9.17) is 4.74 Å². The van der Waals surface area contributed by atoms with Crippen molar-refractivity contribution in [2.24, 2.45) is 5.92 Å². The number of rotatable bonds is 8. The summed E-state index contributed by atoms with van der Waals surface area (Å²) in [5.41, 5.74) is 1.23. The second-order valence-electron chi connectivity index (χ2n) is 5.08. The molecule has 1 atom stereocenters. The Morgan fingerprint density at radius 1 is 1.40 bits per heavy atom. The summed E-state index contributed by atoms with van der Waals surface area (Å²) in [7, 11) is 0. The van der Waals surface area contributed by atoms with Gasteiger partial charge in [0.1, 0.15) is 11.3 Å². The van der Waals surface area contributed by atoms with Crippen molar-refractivity contribution in [3.63, 3.8) is 0 Å². The summed E-state index contributed by atoms with van der Waals surface area (Å²) in [5.74, 6) is 0.973. The summed E-state index contributed by atoms with van der Waals surface area (Å²) >= 11 is 0. The second-order valence-corrected chi connectivity index (χ2v) is 5.08. The van der Waals surface area contributed by atoms with Gasteiger partial charge in [0, 0.05) is 6.20 Å². The van der Waals surface area contributed by atoms with Gasteiger partial charge >= 0.3 is 0 Å². The number of hydrogen-bond acceptors (Lipinski definition) is 3. The minimum atomic E-state index is 0.446. The van der Waals surface area contributed by atoms with Crippen molar-refractivity contribution in [3.05, 3.63) is 30.1 Å². The fourth-order valence-corrected chi connectivity index (χ4v) is 2.30. The average Bonchev–Trinajstić information content (AvgIpc) is 2.85. The molecule has 0 aliphatic rings. The molecule has 1 unspecified atom stereocenters. The number of carbonyl (C=O) groups excluding carboxylic acids is 1. The van der Waals surface area contributed by atoms with E-state index in [1.165, 1.54) is 12.8 Å². The molecule has 0 saturated heterocycles. The molecule has 108 valence electrons. The molecule has 20 heavy (non-hydrogen) atoms. The Kier molecular flexibility index (Phi) is 5.16. The molecule has 4 nitrogen and oxygen atoms in total. The topological polar surface area (TPSA) is 43.6 Å². The lowest BCUT2D eigenvalue weighted by Gasteiger charge is -2.14. The lowest BCUT2D eigenvalue weighted by atomic mass is 10.0.